The zero-order valence-electron chi connectivity index (χ0n) is 17.8. The van der Waals surface area contributed by atoms with E-state index >= 15 is 0 Å². The number of benzene rings is 2. The third-order valence-electron chi connectivity index (χ3n) is 5.73. The number of H-pyrrole nitrogens is 1. The number of aromatic amines is 1. The van der Waals surface area contributed by atoms with Gasteiger partial charge in [0.05, 0.1) is 22.5 Å². The van der Waals surface area contributed by atoms with Gasteiger partial charge in [0.15, 0.2) is 0 Å². The van der Waals surface area contributed by atoms with Crippen LogP contribution < -0.4 is 10.4 Å². The highest BCUT2D eigenvalue weighted by molar-refractivity contribution is 7.89. The highest BCUT2D eigenvalue weighted by atomic mass is 32.2. The molecule has 170 valence electrons. The Morgan fingerprint density at radius 3 is 2.66 bits per heavy atom. The Morgan fingerprint density at radius 2 is 1.91 bits per heavy atom. The standard InChI is InChI=1S/C22H26N4O5S/c1-31-14-11-23-32(29,30)18-6-4-5-16(15-18)21(27)25-12-9-17(10-13-25)26-20-8-3-2-7-19(20)24-22(26)28/h2-8,15,17,23H,9-14H2,1H3,(H,24,28). The number of aromatic nitrogens is 2. The van der Waals surface area contributed by atoms with Crippen LogP contribution in [-0.2, 0) is 14.8 Å². The number of amides is 1. The van der Waals surface area contributed by atoms with Crippen LogP contribution in [0.4, 0.5) is 0 Å². The predicted octanol–water partition coefficient (Wildman–Crippen LogP) is 1.73. The number of para-hydroxylation sites is 2. The molecular weight excluding hydrogens is 432 g/mol. The van der Waals surface area contributed by atoms with E-state index in [4.69, 9.17) is 4.74 Å². The minimum atomic E-state index is -3.73. The summed E-state index contributed by atoms with van der Waals surface area (Å²) in [5.74, 6) is -0.219. The summed E-state index contributed by atoms with van der Waals surface area (Å²) in [6, 6.07) is 13.6. The van der Waals surface area contributed by atoms with E-state index in [0.29, 0.717) is 31.5 Å². The van der Waals surface area contributed by atoms with Crippen LogP contribution in [0.2, 0.25) is 0 Å². The minimum Gasteiger partial charge on any atom is -0.383 e. The number of likely N-dealkylation sites (tertiary alicyclic amines) is 1. The van der Waals surface area contributed by atoms with E-state index in [0.717, 1.165) is 11.0 Å². The Bertz CT molecular complexity index is 1270. The van der Waals surface area contributed by atoms with Crippen LogP contribution in [0.1, 0.15) is 29.2 Å². The summed E-state index contributed by atoms with van der Waals surface area (Å²) < 4.78 is 34.0. The Balaban J connectivity index is 1.46. The van der Waals surface area contributed by atoms with Gasteiger partial charge in [0.25, 0.3) is 5.91 Å². The lowest BCUT2D eigenvalue weighted by atomic mass is 10.0. The molecule has 1 aromatic heterocycles. The Morgan fingerprint density at radius 1 is 1.16 bits per heavy atom. The summed E-state index contributed by atoms with van der Waals surface area (Å²) in [6.45, 7) is 1.38. The molecule has 0 saturated carbocycles. The van der Waals surface area contributed by atoms with Gasteiger partial charge >= 0.3 is 5.69 Å². The minimum absolute atomic E-state index is 0.000559. The molecule has 1 saturated heterocycles. The maximum Gasteiger partial charge on any atom is 0.326 e. The largest absolute Gasteiger partial charge is 0.383 e. The number of methoxy groups -OCH3 is 1. The van der Waals surface area contributed by atoms with Gasteiger partial charge in [-0.3, -0.25) is 9.36 Å². The molecule has 1 fully saturated rings. The molecule has 0 bridgehead atoms. The van der Waals surface area contributed by atoms with Crippen LogP contribution >= 0.6 is 0 Å². The Labute approximate surface area is 186 Å². The van der Waals surface area contributed by atoms with E-state index in [-0.39, 0.29) is 35.7 Å². The number of carbonyl (C=O) groups is 1. The van der Waals surface area contributed by atoms with Crippen molar-refractivity contribution in [2.75, 3.05) is 33.4 Å². The first-order chi connectivity index (χ1) is 15.4. The molecule has 0 spiro atoms. The smallest absolute Gasteiger partial charge is 0.326 e. The van der Waals surface area contributed by atoms with Crippen molar-refractivity contribution in [1.82, 2.24) is 19.2 Å². The quantitative estimate of drug-likeness (QED) is 0.524. The van der Waals surface area contributed by atoms with E-state index in [2.05, 4.69) is 9.71 Å². The van der Waals surface area contributed by atoms with Crippen LogP contribution in [0, 0.1) is 0 Å². The van der Waals surface area contributed by atoms with Gasteiger partial charge in [-0.2, -0.15) is 0 Å². The van der Waals surface area contributed by atoms with Crippen molar-refractivity contribution in [1.29, 1.82) is 0 Å². The second kappa shape index (κ2) is 9.27. The molecule has 10 heteroatoms. The third kappa shape index (κ3) is 4.47. The second-order valence-corrected chi connectivity index (χ2v) is 9.53. The average molecular weight is 459 g/mol. The van der Waals surface area contributed by atoms with Crippen molar-refractivity contribution < 1.29 is 17.9 Å². The Hall–Kier alpha value is -2.95. The highest BCUT2D eigenvalue weighted by Crippen LogP contribution is 2.26. The van der Waals surface area contributed by atoms with Crippen molar-refractivity contribution >= 4 is 27.0 Å². The number of ether oxygens (including phenoxy) is 1. The van der Waals surface area contributed by atoms with E-state index < -0.39 is 10.0 Å². The SMILES string of the molecule is COCCNS(=O)(=O)c1cccc(C(=O)N2CCC(n3c(=O)[nH]c4ccccc43)CC2)c1. The third-order valence-corrected chi connectivity index (χ3v) is 7.19. The van der Waals surface area contributed by atoms with E-state index in [1.54, 1.807) is 21.6 Å². The lowest BCUT2D eigenvalue weighted by Crippen LogP contribution is -2.40. The summed E-state index contributed by atoms with van der Waals surface area (Å²) in [7, 11) is -2.23. The van der Waals surface area contributed by atoms with Gasteiger partial charge in [-0.1, -0.05) is 18.2 Å². The number of rotatable bonds is 7. The van der Waals surface area contributed by atoms with Crippen LogP contribution in [-0.4, -0.2) is 62.1 Å². The van der Waals surface area contributed by atoms with E-state index in [1.807, 2.05) is 24.3 Å². The van der Waals surface area contributed by atoms with E-state index in [9.17, 15) is 18.0 Å². The molecule has 2 aromatic carbocycles. The van der Waals surface area contributed by atoms with Gasteiger partial charge < -0.3 is 14.6 Å². The molecule has 0 atom stereocenters. The van der Waals surface area contributed by atoms with Crippen LogP contribution in [0.3, 0.4) is 0 Å². The number of hydrogen-bond acceptors (Lipinski definition) is 5. The lowest BCUT2D eigenvalue weighted by Gasteiger charge is -2.32. The van der Waals surface area contributed by atoms with Crippen LogP contribution in [0.5, 0.6) is 0 Å². The van der Waals surface area contributed by atoms with E-state index in [1.165, 1.54) is 19.2 Å². The zero-order chi connectivity index (χ0) is 22.7. The van der Waals surface area contributed by atoms with Crippen molar-refractivity contribution in [2.24, 2.45) is 0 Å². The molecular formula is C22H26N4O5S. The Kier molecular flexibility index (Phi) is 6.45. The average Bonchev–Trinajstić information content (AvgIpc) is 3.14. The van der Waals surface area contributed by atoms with Gasteiger partial charge in [-0.05, 0) is 43.2 Å². The maximum absolute atomic E-state index is 13.0. The highest BCUT2D eigenvalue weighted by Gasteiger charge is 2.27. The summed E-state index contributed by atoms with van der Waals surface area (Å²) in [5, 5.41) is 0. The van der Waals surface area contributed by atoms with Gasteiger partial charge in [0.2, 0.25) is 10.0 Å². The van der Waals surface area contributed by atoms with Gasteiger partial charge in [0.1, 0.15) is 0 Å². The predicted molar refractivity (Wildman–Crippen MR) is 120 cm³/mol. The number of carbonyl (C=O) groups excluding carboxylic acids is 1. The molecule has 3 aromatic rings. The number of sulfonamides is 1. The molecule has 1 aliphatic heterocycles. The summed E-state index contributed by atoms with van der Waals surface area (Å²) >= 11 is 0. The molecule has 9 nitrogen and oxygen atoms in total. The number of nitrogens with zero attached hydrogens (tertiary/aromatic N) is 2. The number of nitrogens with one attached hydrogen (secondary N) is 2. The summed E-state index contributed by atoms with van der Waals surface area (Å²) in [5.41, 5.74) is 1.84. The molecule has 1 aliphatic rings. The van der Waals surface area contributed by atoms with Crippen LogP contribution in [0.25, 0.3) is 11.0 Å². The normalized spacial score (nSPS) is 15.3. The number of hydrogen-bond donors (Lipinski definition) is 2. The van der Waals surface area contributed by atoms with Crippen molar-refractivity contribution in [2.45, 2.75) is 23.8 Å². The lowest BCUT2D eigenvalue weighted by molar-refractivity contribution is 0.0694. The fourth-order valence-corrected chi connectivity index (χ4v) is 5.16. The van der Waals surface area contributed by atoms with Crippen LogP contribution in [0.15, 0.2) is 58.2 Å². The number of piperidine rings is 1. The zero-order valence-corrected chi connectivity index (χ0v) is 18.6. The molecule has 4 rings (SSSR count). The first-order valence-corrected chi connectivity index (χ1v) is 12.0. The first-order valence-electron chi connectivity index (χ1n) is 10.5. The van der Waals surface area contributed by atoms with Crippen molar-refractivity contribution in [3.05, 3.63) is 64.6 Å². The number of imidazole rings is 1. The molecule has 2 N–H and O–H groups in total. The van der Waals surface area contributed by atoms with Crippen molar-refractivity contribution in [3.63, 3.8) is 0 Å². The number of fused-ring (bicyclic) bond motifs is 1. The molecule has 0 unspecified atom stereocenters. The van der Waals surface area contributed by atoms with Gasteiger partial charge in [-0.25, -0.2) is 17.9 Å². The molecule has 2 heterocycles. The maximum atomic E-state index is 13.0. The molecule has 32 heavy (non-hydrogen) atoms. The molecule has 0 aliphatic carbocycles. The second-order valence-electron chi connectivity index (χ2n) is 7.76. The summed E-state index contributed by atoms with van der Waals surface area (Å²) in [4.78, 5) is 30.1. The topological polar surface area (TPSA) is 113 Å². The fraction of sp³-hybridized carbons (Fsp3) is 0.364. The summed E-state index contributed by atoms with van der Waals surface area (Å²) in [6.07, 6.45) is 1.29. The molecule has 1 amide bonds. The molecule has 0 radical (unpaired) electrons. The first kappa shape index (κ1) is 22.3. The van der Waals surface area contributed by atoms with Crippen molar-refractivity contribution in [3.8, 4) is 0 Å². The van der Waals surface area contributed by atoms with Gasteiger partial charge in [-0.15, -0.1) is 0 Å². The monoisotopic (exact) mass is 458 g/mol. The fourth-order valence-electron chi connectivity index (χ4n) is 4.10. The van der Waals surface area contributed by atoms with Gasteiger partial charge in [0, 0.05) is 38.3 Å².